The Labute approximate surface area is 145 Å². The van der Waals surface area contributed by atoms with E-state index < -0.39 is 28.6 Å². The third kappa shape index (κ3) is 4.82. The molecule has 134 valence electrons. The van der Waals surface area contributed by atoms with Gasteiger partial charge in [0.05, 0.1) is 0 Å². The minimum Gasteiger partial charge on any atom is -0.494 e. The molecule has 0 aliphatic rings. The number of anilines is 1. The van der Waals surface area contributed by atoms with Gasteiger partial charge in [0.25, 0.3) is 11.5 Å². The van der Waals surface area contributed by atoms with Crippen molar-refractivity contribution in [3.05, 3.63) is 56.7 Å². The van der Waals surface area contributed by atoms with Gasteiger partial charge >= 0.3 is 5.69 Å². The molecular formula is C18H23N3O4. The van der Waals surface area contributed by atoms with Gasteiger partial charge in [0.2, 0.25) is 5.88 Å². The summed E-state index contributed by atoms with van der Waals surface area (Å²) >= 11 is 0. The van der Waals surface area contributed by atoms with Crippen molar-refractivity contribution < 1.29 is 9.90 Å². The third-order valence-corrected chi connectivity index (χ3v) is 3.92. The van der Waals surface area contributed by atoms with Crippen molar-refractivity contribution in [1.29, 1.82) is 0 Å². The van der Waals surface area contributed by atoms with Crippen molar-refractivity contribution in [2.45, 2.75) is 45.6 Å². The Morgan fingerprint density at radius 1 is 1.12 bits per heavy atom. The molecule has 7 heteroatoms. The van der Waals surface area contributed by atoms with E-state index in [4.69, 9.17) is 0 Å². The van der Waals surface area contributed by atoms with E-state index in [9.17, 15) is 19.5 Å². The average molecular weight is 345 g/mol. The van der Waals surface area contributed by atoms with Crippen molar-refractivity contribution in [2.75, 3.05) is 5.32 Å². The molecule has 0 aliphatic heterocycles. The van der Waals surface area contributed by atoms with Crippen LogP contribution in [0.3, 0.4) is 0 Å². The first kappa shape index (κ1) is 18.5. The maximum atomic E-state index is 12.3. The fourth-order valence-corrected chi connectivity index (χ4v) is 2.56. The number of amides is 1. The van der Waals surface area contributed by atoms with Gasteiger partial charge in [-0.05, 0) is 18.6 Å². The number of aromatic hydroxyl groups is 1. The first-order chi connectivity index (χ1) is 12.0. The molecule has 1 aromatic carbocycles. The minimum atomic E-state index is -0.904. The number of benzene rings is 1. The van der Waals surface area contributed by atoms with Crippen LogP contribution in [0.1, 0.15) is 49.4 Å². The van der Waals surface area contributed by atoms with Gasteiger partial charge < -0.3 is 10.4 Å². The number of unbranched alkanes of at least 4 members (excludes halogenated alkanes) is 4. The average Bonchev–Trinajstić information content (AvgIpc) is 2.57. The van der Waals surface area contributed by atoms with E-state index in [-0.39, 0.29) is 6.54 Å². The summed E-state index contributed by atoms with van der Waals surface area (Å²) in [7, 11) is 0. The maximum absolute atomic E-state index is 12.3. The molecule has 2 rings (SSSR count). The van der Waals surface area contributed by atoms with Gasteiger partial charge in [-0.3, -0.25) is 19.1 Å². The molecule has 2 aromatic rings. The van der Waals surface area contributed by atoms with Gasteiger partial charge in [-0.25, -0.2) is 4.79 Å². The zero-order chi connectivity index (χ0) is 18.2. The second-order valence-corrected chi connectivity index (χ2v) is 5.84. The SMILES string of the molecule is CCCCCCCn1c(O)c(C(=O)Nc2ccccc2)c(=O)[nH]c1=O. The molecule has 0 fully saturated rings. The lowest BCUT2D eigenvalue weighted by Crippen LogP contribution is -2.35. The van der Waals surface area contributed by atoms with Crippen molar-refractivity contribution >= 4 is 11.6 Å². The van der Waals surface area contributed by atoms with Crippen LogP contribution in [-0.4, -0.2) is 20.6 Å². The molecule has 0 atom stereocenters. The number of rotatable bonds is 8. The second-order valence-electron chi connectivity index (χ2n) is 5.84. The lowest BCUT2D eigenvalue weighted by atomic mass is 10.1. The molecule has 0 aliphatic carbocycles. The number of aromatic nitrogens is 2. The van der Waals surface area contributed by atoms with E-state index in [0.717, 1.165) is 30.3 Å². The Kier molecular flexibility index (Phi) is 6.56. The molecule has 0 spiro atoms. The predicted octanol–water partition coefficient (Wildman–Crippen LogP) is 2.46. The molecule has 0 unspecified atom stereocenters. The summed E-state index contributed by atoms with van der Waals surface area (Å²) in [4.78, 5) is 38.3. The van der Waals surface area contributed by atoms with E-state index in [1.165, 1.54) is 0 Å². The number of nitrogens with one attached hydrogen (secondary N) is 2. The maximum Gasteiger partial charge on any atom is 0.331 e. The lowest BCUT2D eigenvalue weighted by Gasteiger charge is -2.11. The first-order valence-electron chi connectivity index (χ1n) is 8.47. The van der Waals surface area contributed by atoms with Gasteiger partial charge in [-0.1, -0.05) is 50.8 Å². The summed E-state index contributed by atoms with van der Waals surface area (Å²) in [6.07, 6.45) is 4.84. The predicted molar refractivity (Wildman–Crippen MR) is 96.1 cm³/mol. The number of aromatic amines is 1. The van der Waals surface area contributed by atoms with Crippen LogP contribution in [0, 0.1) is 0 Å². The highest BCUT2D eigenvalue weighted by Gasteiger charge is 2.21. The summed E-state index contributed by atoms with van der Waals surface area (Å²) in [5.41, 5.74) is -1.59. The molecule has 0 saturated heterocycles. The van der Waals surface area contributed by atoms with E-state index in [1.807, 2.05) is 0 Å². The minimum absolute atomic E-state index is 0.247. The van der Waals surface area contributed by atoms with Crippen LogP contribution in [0.5, 0.6) is 5.88 Å². The first-order valence-corrected chi connectivity index (χ1v) is 8.47. The molecule has 0 radical (unpaired) electrons. The van der Waals surface area contributed by atoms with Gasteiger partial charge in [0, 0.05) is 12.2 Å². The van der Waals surface area contributed by atoms with E-state index in [1.54, 1.807) is 30.3 Å². The molecule has 3 N–H and O–H groups in total. The Morgan fingerprint density at radius 2 is 1.80 bits per heavy atom. The van der Waals surface area contributed by atoms with E-state index in [0.29, 0.717) is 12.1 Å². The summed E-state index contributed by atoms with van der Waals surface area (Å²) < 4.78 is 1.03. The van der Waals surface area contributed by atoms with Crippen molar-refractivity contribution in [3.63, 3.8) is 0 Å². The second kappa shape index (κ2) is 8.86. The zero-order valence-electron chi connectivity index (χ0n) is 14.2. The lowest BCUT2D eigenvalue weighted by molar-refractivity contribution is 0.102. The Hall–Kier alpha value is -2.83. The zero-order valence-corrected chi connectivity index (χ0v) is 14.2. The van der Waals surface area contributed by atoms with Gasteiger partial charge in [0.1, 0.15) is 0 Å². The Bertz CT molecular complexity index is 824. The quantitative estimate of drug-likeness (QED) is 0.639. The Balaban J connectivity index is 2.20. The number of hydrogen-bond donors (Lipinski definition) is 3. The third-order valence-electron chi connectivity index (χ3n) is 3.92. The number of para-hydroxylation sites is 1. The number of nitrogens with zero attached hydrogens (tertiary/aromatic N) is 1. The summed E-state index contributed by atoms with van der Waals surface area (Å²) in [6, 6.07) is 8.58. The van der Waals surface area contributed by atoms with Crippen molar-refractivity contribution in [1.82, 2.24) is 9.55 Å². The highest BCUT2D eigenvalue weighted by molar-refractivity contribution is 6.05. The summed E-state index contributed by atoms with van der Waals surface area (Å²) in [5.74, 6) is -1.36. The highest BCUT2D eigenvalue weighted by atomic mass is 16.3. The molecule has 0 bridgehead atoms. The summed E-state index contributed by atoms with van der Waals surface area (Å²) in [6.45, 7) is 2.35. The molecular weight excluding hydrogens is 322 g/mol. The van der Waals surface area contributed by atoms with Crippen LogP contribution in [0.4, 0.5) is 5.69 Å². The standard InChI is InChI=1S/C18H23N3O4/c1-2-3-4-5-9-12-21-17(24)14(16(23)20-18(21)25)15(22)19-13-10-7-6-8-11-13/h6-8,10-11,24H,2-5,9,12H2,1H3,(H,19,22)(H,20,23,25). The number of H-pyrrole nitrogens is 1. The van der Waals surface area contributed by atoms with Crippen molar-refractivity contribution in [2.24, 2.45) is 0 Å². The molecule has 0 saturated carbocycles. The van der Waals surface area contributed by atoms with Gasteiger partial charge in [-0.15, -0.1) is 0 Å². The molecule has 1 amide bonds. The molecule has 25 heavy (non-hydrogen) atoms. The fraction of sp³-hybridized carbons (Fsp3) is 0.389. The fourth-order valence-electron chi connectivity index (χ4n) is 2.56. The van der Waals surface area contributed by atoms with E-state index in [2.05, 4.69) is 17.2 Å². The van der Waals surface area contributed by atoms with Crippen LogP contribution >= 0.6 is 0 Å². The van der Waals surface area contributed by atoms with Crippen LogP contribution < -0.4 is 16.6 Å². The smallest absolute Gasteiger partial charge is 0.331 e. The number of hydrogen-bond acceptors (Lipinski definition) is 4. The molecule has 1 heterocycles. The number of carbonyl (C=O) groups is 1. The normalized spacial score (nSPS) is 10.6. The molecule has 7 nitrogen and oxygen atoms in total. The van der Waals surface area contributed by atoms with Gasteiger partial charge in [0.15, 0.2) is 5.56 Å². The van der Waals surface area contributed by atoms with Crippen LogP contribution in [0.15, 0.2) is 39.9 Å². The van der Waals surface area contributed by atoms with Crippen LogP contribution in [-0.2, 0) is 6.54 Å². The largest absolute Gasteiger partial charge is 0.494 e. The number of carbonyl (C=O) groups excluding carboxylic acids is 1. The van der Waals surface area contributed by atoms with Crippen LogP contribution in [0.2, 0.25) is 0 Å². The van der Waals surface area contributed by atoms with Crippen LogP contribution in [0.25, 0.3) is 0 Å². The molecule has 1 aromatic heterocycles. The van der Waals surface area contributed by atoms with E-state index >= 15 is 0 Å². The summed E-state index contributed by atoms with van der Waals surface area (Å²) in [5, 5.41) is 12.8. The Morgan fingerprint density at radius 3 is 2.48 bits per heavy atom. The van der Waals surface area contributed by atoms with Gasteiger partial charge in [-0.2, -0.15) is 0 Å². The topological polar surface area (TPSA) is 104 Å². The highest BCUT2D eigenvalue weighted by Crippen LogP contribution is 2.14. The van der Waals surface area contributed by atoms with Crippen molar-refractivity contribution in [3.8, 4) is 5.88 Å². The monoisotopic (exact) mass is 345 g/mol.